The van der Waals surface area contributed by atoms with Crippen molar-refractivity contribution in [1.29, 1.82) is 0 Å². The molecule has 304 valence electrons. The van der Waals surface area contributed by atoms with Crippen LogP contribution in [0.5, 0.6) is 0 Å². The zero-order valence-electron chi connectivity index (χ0n) is 33.5. The number of aliphatic carboxylic acids is 1. The van der Waals surface area contributed by atoms with Crippen molar-refractivity contribution in [3.05, 3.63) is 71.8 Å². The molecule has 0 aromatic heterocycles. The van der Waals surface area contributed by atoms with Gasteiger partial charge in [-0.15, -0.1) is 0 Å². The Morgan fingerprint density at radius 3 is 1.64 bits per heavy atom. The van der Waals surface area contributed by atoms with Gasteiger partial charge >= 0.3 is 18.2 Å². The molecule has 0 radical (unpaired) electrons. The highest BCUT2D eigenvalue weighted by atomic mass is 16.6. The molecule has 0 saturated carbocycles. The van der Waals surface area contributed by atoms with Crippen LogP contribution >= 0.6 is 0 Å². The lowest BCUT2D eigenvalue weighted by Crippen LogP contribution is -2.58. The first-order chi connectivity index (χ1) is 25.7. The Bertz CT molecular complexity index is 1540. The second-order valence-corrected chi connectivity index (χ2v) is 16.0. The summed E-state index contributed by atoms with van der Waals surface area (Å²) in [5.41, 5.74) is 0.220. The van der Waals surface area contributed by atoms with Gasteiger partial charge in [-0.25, -0.2) is 14.4 Å². The molecule has 0 unspecified atom stereocenters. The van der Waals surface area contributed by atoms with Gasteiger partial charge in [0.25, 0.3) is 0 Å². The van der Waals surface area contributed by atoms with Gasteiger partial charge in [0.2, 0.25) is 17.7 Å². The minimum absolute atomic E-state index is 0.0687. The van der Waals surface area contributed by atoms with E-state index in [9.17, 15) is 33.9 Å². The van der Waals surface area contributed by atoms with Gasteiger partial charge in [0.15, 0.2) is 0 Å². The molecule has 2 rings (SSSR count). The van der Waals surface area contributed by atoms with Crippen molar-refractivity contribution in [1.82, 2.24) is 26.6 Å². The van der Waals surface area contributed by atoms with Gasteiger partial charge in [-0.05, 0) is 97.1 Å². The highest BCUT2D eigenvalue weighted by molar-refractivity contribution is 5.95. The number of hydrogen-bond donors (Lipinski definition) is 6. The van der Waals surface area contributed by atoms with Crippen LogP contribution in [-0.4, -0.2) is 82.9 Å². The number of hydrogen-bond acceptors (Lipinski definition) is 8. The summed E-state index contributed by atoms with van der Waals surface area (Å²) in [6.45, 7) is 14.4. The summed E-state index contributed by atoms with van der Waals surface area (Å²) < 4.78 is 10.6. The molecule has 0 aliphatic rings. The van der Waals surface area contributed by atoms with E-state index < -0.39 is 71.2 Å². The molecule has 55 heavy (non-hydrogen) atoms. The maximum absolute atomic E-state index is 14.0. The molecule has 2 aromatic rings. The maximum atomic E-state index is 14.0. The minimum Gasteiger partial charge on any atom is -0.480 e. The molecule has 6 N–H and O–H groups in total. The van der Waals surface area contributed by atoms with Crippen molar-refractivity contribution < 1.29 is 43.3 Å². The van der Waals surface area contributed by atoms with Crippen LogP contribution in [0.1, 0.15) is 98.6 Å². The summed E-state index contributed by atoms with van der Waals surface area (Å²) in [4.78, 5) is 78.4. The van der Waals surface area contributed by atoms with Crippen LogP contribution in [-0.2, 0) is 41.5 Å². The maximum Gasteiger partial charge on any atom is 0.408 e. The Balaban J connectivity index is 2.23. The lowest BCUT2D eigenvalue weighted by atomic mass is 9.99. The van der Waals surface area contributed by atoms with Crippen LogP contribution in [0.4, 0.5) is 9.59 Å². The molecular formula is C41H61N5O9. The fourth-order valence-corrected chi connectivity index (χ4v) is 5.49. The molecule has 14 nitrogen and oxygen atoms in total. The summed E-state index contributed by atoms with van der Waals surface area (Å²) in [6, 6.07) is 13.9. The van der Waals surface area contributed by atoms with Gasteiger partial charge in [-0.3, -0.25) is 14.4 Å². The molecule has 0 aliphatic heterocycles. The molecule has 0 spiro atoms. The third-order valence-corrected chi connectivity index (χ3v) is 8.03. The largest absolute Gasteiger partial charge is 0.480 e. The highest BCUT2D eigenvalue weighted by Crippen LogP contribution is 2.13. The zero-order valence-corrected chi connectivity index (χ0v) is 33.5. The van der Waals surface area contributed by atoms with Crippen LogP contribution in [0.3, 0.4) is 0 Å². The van der Waals surface area contributed by atoms with Crippen molar-refractivity contribution in [2.24, 2.45) is 5.92 Å². The fraction of sp³-hybridized carbons (Fsp3) is 0.561. The van der Waals surface area contributed by atoms with Gasteiger partial charge in [0.1, 0.15) is 35.4 Å². The third-order valence-electron chi connectivity index (χ3n) is 8.03. The first-order valence-corrected chi connectivity index (χ1v) is 18.9. The number of carbonyl (C=O) groups excluding carboxylic acids is 5. The average Bonchev–Trinajstić information content (AvgIpc) is 3.07. The van der Waals surface area contributed by atoms with Crippen molar-refractivity contribution in [3.8, 4) is 0 Å². The molecule has 5 amide bonds. The van der Waals surface area contributed by atoms with Crippen LogP contribution in [0, 0.1) is 5.92 Å². The van der Waals surface area contributed by atoms with E-state index in [2.05, 4.69) is 26.6 Å². The Kier molecular flexibility index (Phi) is 18.6. The van der Waals surface area contributed by atoms with Crippen LogP contribution in [0.15, 0.2) is 60.7 Å². The van der Waals surface area contributed by atoms with Crippen LogP contribution in [0.25, 0.3) is 0 Å². The minimum atomic E-state index is -1.25. The Morgan fingerprint density at radius 2 is 1.09 bits per heavy atom. The predicted molar refractivity (Wildman–Crippen MR) is 209 cm³/mol. The lowest BCUT2D eigenvalue weighted by Gasteiger charge is -2.27. The van der Waals surface area contributed by atoms with Crippen LogP contribution < -0.4 is 26.6 Å². The molecule has 0 heterocycles. The van der Waals surface area contributed by atoms with E-state index in [0.717, 1.165) is 11.1 Å². The van der Waals surface area contributed by atoms with Crippen molar-refractivity contribution in [2.75, 3.05) is 6.54 Å². The molecule has 2 aromatic carbocycles. The second-order valence-electron chi connectivity index (χ2n) is 16.0. The Hall–Kier alpha value is -5.14. The first kappa shape index (κ1) is 46.0. The van der Waals surface area contributed by atoms with E-state index in [-0.39, 0.29) is 38.1 Å². The van der Waals surface area contributed by atoms with E-state index in [1.165, 1.54) is 0 Å². The van der Waals surface area contributed by atoms with Crippen molar-refractivity contribution in [2.45, 2.75) is 136 Å². The van der Waals surface area contributed by atoms with E-state index in [1.807, 2.05) is 50.2 Å². The summed E-state index contributed by atoms with van der Waals surface area (Å²) >= 11 is 0. The number of nitrogens with one attached hydrogen (secondary N) is 5. The van der Waals surface area contributed by atoms with Gasteiger partial charge in [0.05, 0.1) is 0 Å². The van der Waals surface area contributed by atoms with Gasteiger partial charge in [-0.2, -0.15) is 0 Å². The van der Waals surface area contributed by atoms with E-state index in [4.69, 9.17) is 9.47 Å². The third kappa shape index (κ3) is 19.7. The number of amides is 5. The number of carbonyl (C=O) groups is 6. The number of ether oxygens (including phenoxy) is 2. The van der Waals surface area contributed by atoms with Gasteiger partial charge in [0, 0.05) is 13.0 Å². The highest BCUT2D eigenvalue weighted by Gasteiger charge is 2.32. The first-order valence-electron chi connectivity index (χ1n) is 18.9. The van der Waals surface area contributed by atoms with E-state index in [1.54, 1.807) is 65.8 Å². The summed E-state index contributed by atoms with van der Waals surface area (Å²) in [6.07, 6.45) is 0.464. The molecular weight excluding hydrogens is 706 g/mol. The standard InChI is InChI=1S/C41H61N5O9/c1-27(2)25-32(35(48)43-31(37(50)51)21-15-16-24-42-38(52)54-40(3,4)5)44-36(49)33(26-29-19-13-10-14-20-29)45-34(47)30(46-39(53)55-41(6,7)8)23-22-28-17-11-9-12-18-28/h9-14,17-20,27,30-33H,15-16,21-26H2,1-8H3,(H,42,52)(H,43,48)(H,44,49)(H,45,47)(H,46,53)(H,50,51)/t30-,31-,32-,33-/m1/s1. The summed E-state index contributed by atoms with van der Waals surface area (Å²) in [7, 11) is 0. The molecule has 0 saturated heterocycles. The average molecular weight is 768 g/mol. The number of unbranched alkanes of at least 4 members (excludes halogenated alkanes) is 1. The van der Waals surface area contributed by atoms with Gasteiger partial charge in [-0.1, -0.05) is 74.5 Å². The molecule has 0 aliphatic carbocycles. The Labute approximate surface area is 325 Å². The molecule has 0 fully saturated rings. The fourth-order valence-electron chi connectivity index (χ4n) is 5.49. The Morgan fingerprint density at radius 1 is 0.600 bits per heavy atom. The smallest absolute Gasteiger partial charge is 0.408 e. The quantitative estimate of drug-likeness (QED) is 0.1000. The number of benzene rings is 2. The van der Waals surface area contributed by atoms with Gasteiger partial charge < -0.3 is 41.2 Å². The molecule has 14 heteroatoms. The number of rotatable bonds is 20. The molecule has 0 bridgehead atoms. The van der Waals surface area contributed by atoms with E-state index >= 15 is 0 Å². The predicted octanol–water partition coefficient (Wildman–Crippen LogP) is 5.04. The zero-order chi connectivity index (χ0) is 41.2. The molecule has 4 atom stereocenters. The summed E-state index contributed by atoms with van der Waals surface area (Å²) in [5, 5.41) is 23.3. The number of carboxylic acid groups (broad SMARTS) is 1. The second kappa shape index (κ2) is 22.3. The SMILES string of the molecule is CC(C)C[C@@H](NC(=O)[C@@H](Cc1ccccc1)NC(=O)[C@@H](CCc1ccccc1)NC(=O)OC(C)(C)C)C(=O)N[C@H](CCCCNC(=O)OC(C)(C)C)C(=O)O. The number of aryl methyl sites for hydroxylation is 1. The topological polar surface area (TPSA) is 201 Å². The monoisotopic (exact) mass is 767 g/mol. The van der Waals surface area contributed by atoms with Crippen molar-refractivity contribution >= 4 is 35.9 Å². The van der Waals surface area contributed by atoms with E-state index in [0.29, 0.717) is 19.3 Å². The number of carboxylic acids is 1. The van der Waals surface area contributed by atoms with Crippen LogP contribution in [0.2, 0.25) is 0 Å². The number of alkyl carbamates (subject to hydrolysis) is 2. The normalized spacial score (nSPS) is 13.7. The summed E-state index contributed by atoms with van der Waals surface area (Å²) in [5.74, 6) is -3.26. The lowest BCUT2D eigenvalue weighted by molar-refractivity contribution is -0.142. The van der Waals surface area contributed by atoms with Crippen molar-refractivity contribution in [3.63, 3.8) is 0 Å².